The average Bonchev–Trinajstić information content (AvgIpc) is 3.29. The quantitative estimate of drug-likeness (QED) is 0.397. The SMILES string of the molecule is Cc1nc2ccccn2c1C(=O)NCc1cn(Cc2ccc([N+](=O)[O-])cc2)nn1. The maximum atomic E-state index is 12.6. The molecule has 0 bridgehead atoms. The number of aryl methyl sites for hydroxylation is 1. The van der Waals surface area contributed by atoms with E-state index in [2.05, 4.69) is 20.6 Å². The van der Waals surface area contributed by atoms with E-state index in [-0.39, 0.29) is 18.1 Å². The lowest BCUT2D eigenvalue weighted by Crippen LogP contribution is -2.25. The van der Waals surface area contributed by atoms with Crippen LogP contribution in [0, 0.1) is 17.0 Å². The number of non-ortho nitro benzene ring substituents is 1. The summed E-state index contributed by atoms with van der Waals surface area (Å²) >= 11 is 0. The summed E-state index contributed by atoms with van der Waals surface area (Å²) in [5.41, 5.74) is 3.35. The number of benzene rings is 1. The molecule has 1 amide bonds. The van der Waals surface area contributed by atoms with Gasteiger partial charge in [0.2, 0.25) is 0 Å². The van der Waals surface area contributed by atoms with E-state index >= 15 is 0 Å². The molecule has 0 atom stereocenters. The first-order chi connectivity index (χ1) is 14.0. The number of nitro groups is 1. The topological polar surface area (TPSA) is 120 Å². The molecule has 0 aliphatic rings. The molecule has 3 heterocycles. The minimum absolute atomic E-state index is 0.0402. The zero-order valence-electron chi connectivity index (χ0n) is 15.5. The Kier molecular flexibility index (Phi) is 4.73. The van der Waals surface area contributed by atoms with Gasteiger partial charge in [0.15, 0.2) is 0 Å². The summed E-state index contributed by atoms with van der Waals surface area (Å²) in [6, 6.07) is 11.8. The summed E-state index contributed by atoms with van der Waals surface area (Å²) in [6.45, 7) is 2.44. The number of aromatic nitrogens is 5. The van der Waals surface area contributed by atoms with Crippen LogP contribution in [0.15, 0.2) is 54.9 Å². The smallest absolute Gasteiger partial charge is 0.270 e. The average molecular weight is 391 g/mol. The van der Waals surface area contributed by atoms with Crippen LogP contribution < -0.4 is 5.32 Å². The van der Waals surface area contributed by atoms with E-state index in [1.54, 1.807) is 40.5 Å². The zero-order chi connectivity index (χ0) is 20.4. The predicted octanol–water partition coefficient (Wildman–Crippen LogP) is 2.12. The van der Waals surface area contributed by atoms with Crippen molar-refractivity contribution in [1.29, 1.82) is 0 Å². The Morgan fingerprint density at radius 3 is 2.76 bits per heavy atom. The van der Waals surface area contributed by atoms with Gasteiger partial charge in [-0.1, -0.05) is 23.4 Å². The van der Waals surface area contributed by atoms with Gasteiger partial charge in [-0.3, -0.25) is 19.3 Å². The third-order valence-corrected chi connectivity index (χ3v) is 4.43. The van der Waals surface area contributed by atoms with Crippen LogP contribution in [-0.2, 0) is 13.1 Å². The highest BCUT2D eigenvalue weighted by Crippen LogP contribution is 2.13. The second kappa shape index (κ2) is 7.50. The number of carbonyl (C=O) groups excluding carboxylic acids is 1. The second-order valence-electron chi connectivity index (χ2n) is 6.49. The van der Waals surface area contributed by atoms with E-state index in [1.807, 2.05) is 18.2 Å². The van der Waals surface area contributed by atoms with Gasteiger partial charge in [-0.25, -0.2) is 9.67 Å². The van der Waals surface area contributed by atoms with E-state index in [9.17, 15) is 14.9 Å². The van der Waals surface area contributed by atoms with Gasteiger partial charge < -0.3 is 5.32 Å². The summed E-state index contributed by atoms with van der Waals surface area (Å²) in [6.07, 6.45) is 3.52. The highest BCUT2D eigenvalue weighted by atomic mass is 16.6. The van der Waals surface area contributed by atoms with Gasteiger partial charge in [0.1, 0.15) is 17.0 Å². The summed E-state index contributed by atoms with van der Waals surface area (Å²) in [4.78, 5) is 27.3. The molecule has 0 saturated heterocycles. The lowest BCUT2D eigenvalue weighted by molar-refractivity contribution is -0.384. The summed E-state index contributed by atoms with van der Waals surface area (Å²) < 4.78 is 3.36. The highest BCUT2D eigenvalue weighted by molar-refractivity contribution is 5.94. The first-order valence-corrected chi connectivity index (χ1v) is 8.85. The Hall–Kier alpha value is -4.08. The fourth-order valence-electron chi connectivity index (χ4n) is 3.05. The number of hydrogen-bond acceptors (Lipinski definition) is 6. The molecule has 10 nitrogen and oxygen atoms in total. The molecule has 0 unspecified atom stereocenters. The lowest BCUT2D eigenvalue weighted by atomic mass is 10.2. The fourth-order valence-corrected chi connectivity index (χ4v) is 3.05. The first-order valence-electron chi connectivity index (χ1n) is 8.85. The molecule has 0 aliphatic heterocycles. The number of nitro benzene ring substituents is 1. The number of nitrogens with zero attached hydrogens (tertiary/aromatic N) is 6. The fraction of sp³-hybridized carbons (Fsp3) is 0.158. The number of carbonyl (C=O) groups is 1. The van der Waals surface area contributed by atoms with Gasteiger partial charge >= 0.3 is 0 Å². The van der Waals surface area contributed by atoms with Crippen molar-refractivity contribution in [2.75, 3.05) is 0 Å². The molecule has 10 heteroatoms. The molecular weight excluding hydrogens is 374 g/mol. The van der Waals surface area contributed by atoms with Gasteiger partial charge in [0.25, 0.3) is 11.6 Å². The monoisotopic (exact) mass is 391 g/mol. The number of hydrogen-bond donors (Lipinski definition) is 1. The van der Waals surface area contributed by atoms with Gasteiger partial charge in [0, 0.05) is 18.3 Å². The van der Waals surface area contributed by atoms with Crippen LogP contribution in [0.1, 0.15) is 27.4 Å². The van der Waals surface area contributed by atoms with Crippen LogP contribution in [-0.4, -0.2) is 35.2 Å². The zero-order valence-corrected chi connectivity index (χ0v) is 15.5. The maximum Gasteiger partial charge on any atom is 0.270 e. The van der Waals surface area contributed by atoms with Crippen LogP contribution in [0.4, 0.5) is 5.69 Å². The van der Waals surface area contributed by atoms with E-state index in [0.717, 1.165) is 5.56 Å². The molecule has 1 N–H and O–H groups in total. The van der Waals surface area contributed by atoms with Gasteiger partial charge in [0.05, 0.1) is 29.9 Å². The first kappa shape index (κ1) is 18.3. The molecule has 4 aromatic rings. The van der Waals surface area contributed by atoms with E-state index < -0.39 is 4.92 Å². The number of fused-ring (bicyclic) bond motifs is 1. The standard InChI is InChI=1S/C19H17N7O3/c1-13-18(25-9-3-2-4-17(25)21-13)19(27)20-10-15-12-24(23-22-15)11-14-5-7-16(8-6-14)26(28)29/h2-9,12H,10-11H2,1H3,(H,20,27). The van der Waals surface area contributed by atoms with Crippen LogP contribution in [0.25, 0.3) is 5.65 Å². The Morgan fingerprint density at radius 2 is 2.00 bits per heavy atom. The van der Waals surface area contributed by atoms with Crippen LogP contribution >= 0.6 is 0 Å². The molecule has 0 aliphatic carbocycles. The Labute approximate surface area is 165 Å². The summed E-state index contributed by atoms with van der Waals surface area (Å²) in [5.74, 6) is -0.244. The third kappa shape index (κ3) is 3.81. The largest absolute Gasteiger partial charge is 0.345 e. The summed E-state index contributed by atoms with van der Waals surface area (Å²) in [5, 5.41) is 21.7. The molecule has 1 aromatic carbocycles. The number of amides is 1. The van der Waals surface area contributed by atoms with Crippen LogP contribution in [0.5, 0.6) is 0 Å². The molecule has 29 heavy (non-hydrogen) atoms. The molecule has 4 rings (SSSR count). The molecule has 146 valence electrons. The highest BCUT2D eigenvalue weighted by Gasteiger charge is 2.16. The molecule has 0 spiro atoms. The van der Waals surface area contributed by atoms with Crippen molar-refractivity contribution in [2.24, 2.45) is 0 Å². The number of pyridine rings is 1. The molecule has 0 fully saturated rings. The Bertz CT molecular complexity index is 1190. The normalized spacial score (nSPS) is 10.9. The molecule has 3 aromatic heterocycles. The minimum Gasteiger partial charge on any atom is -0.345 e. The van der Waals surface area contributed by atoms with E-state index in [0.29, 0.717) is 29.3 Å². The van der Waals surface area contributed by atoms with Crippen molar-refractivity contribution < 1.29 is 9.72 Å². The van der Waals surface area contributed by atoms with Crippen molar-refractivity contribution in [3.05, 3.63) is 87.6 Å². The Balaban J connectivity index is 1.41. The van der Waals surface area contributed by atoms with Crippen LogP contribution in [0.2, 0.25) is 0 Å². The maximum absolute atomic E-state index is 12.6. The van der Waals surface area contributed by atoms with Crippen molar-refractivity contribution in [3.63, 3.8) is 0 Å². The van der Waals surface area contributed by atoms with Gasteiger partial charge in [-0.2, -0.15) is 0 Å². The van der Waals surface area contributed by atoms with E-state index in [1.165, 1.54) is 12.1 Å². The molecule has 0 saturated carbocycles. The van der Waals surface area contributed by atoms with Crippen molar-refractivity contribution in [1.82, 2.24) is 29.7 Å². The predicted molar refractivity (Wildman–Crippen MR) is 103 cm³/mol. The number of imidazole rings is 1. The van der Waals surface area contributed by atoms with Crippen molar-refractivity contribution in [2.45, 2.75) is 20.0 Å². The second-order valence-corrected chi connectivity index (χ2v) is 6.49. The van der Waals surface area contributed by atoms with Crippen molar-refractivity contribution in [3.8, 4) is 0 Å². The number of nitrogens with one attached hydrogen (secondary N) is 1. The minimum atomic E-state index is -0.439. The molecule has 0 radical (unpaired) electrons. The van der Waals surface area contributed by atoms with Crippen LogP contribution in [0.3, 0.4) is 0 Å². The molecular formula is C19H17N7O3. The lowest BCUT2D eigenvalue weighted by Gasteiger charge is -2.04. The van der Waals surface area contributed by atoms with Gasteiger partial charge in [-0.05, 0) is 24.6 Å². The van der Waals surface area contributed by atoms with Gasteiger partial charge in [-0.15, -0.1) is 5.10 Å². The third-order valence-electron chi connectivity index (χ3n) is 4.43. The Morgan fingerprint density at radius 1 is 1.21 bits per heavy atom. The van der Waals surface area contributed by atoms with Crippen molar-refractivity contribution >= 4 is 17.2 Å². The summed E-state index contributed by atoms with van der Waals surface area (Å²) in [7, 11) is 0. The number of rotatable bonds is 6. The van der Waals surface area contributed by atoms with E-state index in [4.69, 9.17) is 0 Å².